The molecular weight excluding hydrogens is 312 g/mol. The quantitative estimate of drug-likeness (QED) is 0.749. The average molecular weight is 334 g/mol. The standard InChI is InChI=1S/C17H22N2O3S/c1-5-18-15-11-14(19(13(3)21)8-9-22-4)6-7-16(15)23-17(18)10-12(2)20/h6-7,10-11H,5,8-9H2,1-4H3. The third kappa shape index (κ3) is 3.95. The predicted molar refractivity (Wildman–Crippen MR) is 94.0 cm³/mol. The summed E-state index contributed by atoms with van der Waals surface area (Å²) in [6, 6.07) is 5.94. The molecular formula is C17H22N2O3S. The zero-order valence-corrected chi connectivity index (χ0v) is 14.8. The monoisotopic (exact) mass is 334 g/mol. The number of rotatable bonds is 6. The first kappa shape index (κ1) is 17.6. The molecule has 124 valence electrons. The molecule has 0 fully saturated rings. The van der Waals surface area contributed by atoms with Gasteiger partial charge in [-0.25, -0.2) is 0 Å². The predicted octanol–water partition coefficient (Wildman–Crippen LogP) is 3.05. The van der Waals surface area contributed by atoms with E-state index in [0.29, 0.717) is 13.2 Å². The number of nitrogens with zero attached hydrogens (tertiary/aromatic N) is 2. The third-order valence-electron chi connectivity index (χ3n) is 3.57. The van der Waals surface area contributed by atoms with Crippen LogP contribution in [0.2, 0.25) is 0 Å². The number of methoxy groups -OCH3 is 1. The van der Waals surface area contributed by atoms with Gasteiger partial charge in [-0.3, -0.25) is 9.59 Å². The van der Waals surface area contributed by atoms with Gasteiger partial charge in [0.15, 0.2) is 5.78 Å². The summed E-state index contributed by atoms with van der Waals surface area (Å²) in [6.07, 6.45) is 1.65. The van der Waals surface area contributed by atoms with Crippen LogP contribution < -0.4 is 9.80 Å². The molecule has 0 saturated carbocycles. The van der Waals surface area contributed by atoms with E-state index in [0.717, 1.165) is 27.8 Å². The van der Waals surface area contributed by atoms with E-state index < -0.39 is 0 Å². The average Bonchev–Trinajstić information content (AvgIpc) is 2.82. The normalized spacial score (nSPS) is 15.0. The molecule has 5 nitrogen and oxygen atoms in total. The van der Waals surface area contributed by atoms with Crippen LogP contribution in [0.25, 0.3) is 0 Å². The Morgan fingerprint density at radius 3 is 2.65 bits per heavy atom. The topological polar surface area (TPSA) is 49.9 Å². The second-order valence-corrected chi connectivity index (χ2v) is 6.32. The Kier molecular flexibility index (Phi) is 5.85. The van der Waals surface area contributed by atoms with Crippen molar-refractivity contribution in [1.82, 2.24) is 0 Å². The van der Waals surface area contributed by atoms with Crippen LogP contribution in [-0.4, -0.2) is 38.5 Å². The van der Waals surface area contributed by atoms with E-state index in [-0.39, 0.29) is 11.7 Å². The van der Waals surface area contributed by atoms with Gasteiger partial charge in [0.05, 0.1) is 17.3 Å². The summed E-state index contributed by atoms with van der Waals surface area (Å²) in [7, 11) is 1.62. The summed E-state index contributed by atoms with van der Waals surface area (Å²) < 4.78 is 5.08. The van der Waals surface area contributed by atoms with Gasteiger partial charge in [0.2, 0.25) is 5.91 Å². The number of fused-ring (bicyclic) bond motifs is 1. The fourth-order valence-corrected chi connectivity index (χ4v) is 3.71. The molecule has 0 saturated heterocycles. The van der Waals surface area contributed by atoms with Gasteiger partial charge in [0.1, 0.15) is 0 Å². The van der Waals surface area contributed by atoms with E-state index >= 15 is 0 Å². The Morgan fingerprint density at radius 2 is 2.09 bits per heavy atom. The third-order valence-corrected chi connectivity index (χ3v) is 4.68. The van der Waals surface area contributed by atoms with Crippen LogP contribution in [-0.2, 0) is 14.3 Å². The lowest BCUT2D eigenvalue weighted by Gasteiger charge is -2.23. The van der Waals surface area contributed by atoms with Crippen molar-refractivity contribution in [3.63, 3.8) is 0 Å². The molecule has 0 N–H and O–H groups in total. The maximum atomic E-state index is 11.9. The lowest BCUT2D eigenvalue weighted by atomic mass is 10.2. The van der Waals surface area contributed by atoms with Crippen LogP contribution in [0.3, 0.4) is 0 Å². The summed E-state index contributed by atoms with van der Waals surface area (Å²) in [4.78, 5) is 28.2. The van der Waals surface area contributed by atoms with E-state index in [1.54, 1.807) is 43.7 Å². The smallest absolute Gasteiger partial charge is 0.223 e. The van der Waals surface area contributed by atoms with E-state index in [2.05, 4.69) is 4.90 Å². The molecule has 1 heterocycles. The van der Waals surface area contributed by atoms with Gasteiger partial charge in [0, 0.05) is 43.8 Å². The lowest BCUT2D eigenvalue weighted by Crippen LogP contribution is -2.31. The van der Waals surface area contributed by atoms with Crippen LogP contribution in [0, 0.1) is 0 Å². The van der Waals surface area contributed by atoms with Gasteiger partial charge < -0.3 is 14.5 Å². The molecule has 1 aromatic rings. The highest BCUT2D eigenvalue weighted by atomic mass is 32.2. The van der Waals surface area contributed by atoms with Crippen molar-refractivity contribution >= 4 is 34.8 Å². The van der Waals surface area contributed by atoms with Crippen molar-refractivity contribution in [2.45, 2.75) is 25.7 Å². The molecule has 1 aliphatic rings. The number of ketones is 1. The highest BCUT2D eigenvalue weighted by Crippen LogP contribution is 2.47. The van der Waals surface area contributed by atoms with E-state index in [4.69, 9.17) is 4.74 Å². The van der Waals surface area contributed by atoms with Gasteiger partial charge in [0.25, 0.3) is 0 Å². The van der Waals surface area contributed by atoms with Gasteiger partial charge in [-0.05, 0) is 32.0 Å². The maximum Gasteiger partial charge on any atom is 0.223 e. The molecule has 1 aromatic carbocycles. The molecule has 2 rings (SSSR count). The molecule has 0 aliphatic carbocycles. The van der Waals surface area contributed by atoms with Crippen molar-refractivity contribution < 1.29 is 14.3 Å². The van der Waals surface area contributed by atoms with Crippen molar-refractivity contribution in [3.8, 4) is 0 Å². The Labute approximate surface area is 141 Å². The SMILES string of the molecule is CCN1C(=CC(C)=O)Sc2ccc(N(CCOC)C(C)=O)cc21. The Bertz CT molecular complexity index is 643. The lowest BCUT2D eigenvalue weighted by molar-refractivity contribution is -0.116. The molecule has 0 atom stereocenters. The minimum absolute atomic E-state index is 0.0183. The number of thioether (sulfide) groups is 1. The zero-order valence-electron chi connectivity index (χ0n) is 14.0. The number of ether oxygens (including phenoxy) is 1. The molecule has 1 aliphatic heterocycles. The van der Waals surface area contributed by atoms with Gasteiger partial charge >= 0.3 is 0 Å². The maximum absolute atomic E-state index is 11.9. The number of allylic oxidation sites excluding steroid dienone is 1. The molecule has 0 bridgehead atoms. The first-order chi connectivity index (χ1) is 11.0. The molecule has 23 heavy (non-hydrogen) atoms. The minimum atomic E-state index is -0.0183. The molecule has 0 unspecified atom stereocenters. The van der Waals surface area contributed by atoms with Crippen molar-refractivity contribution in [2.75, 3.05) is 36.6 Å². The number of carbonyl (C=O) groups excluding carboxylic acids is 2. The van der Waals surface area contributed by atoms with Crippen molar-refractivity contribution in [3.05, 3.63) is 29.3 Å². The minimum Gasteiger partial charge on any atom is -0.383 e. The van der Waals surface area contributed by atoms with Gasteiger partial charge in [-0.2, -0.15) is 0 Å². The Morgan fingerprint density at radius 1 is 1.35 bits per heavy atom. The van der Waals surface area contributed by atoms with E-state index in [9.17, 15) is 9.59 Å². The molecule has 0 radical (unpaired) electrons. The summed E-state index contributed by atoms with van der Waals surface area (Å²) in [5.41, 5.74) is 1.88. The second-order valence-electron chi connectivity index (χ2n) is 5.26. The van der Waals surface area contributed by atoms with E-state index in [1.165, 1.54) is 0 Å². The highest BCUT2D eigenvalue weighted by Gasteiger charge is 2.25. The largest absolute Gasteiger partial charge is 0.383 e. The first-order valence-corrected chi connectivity index (χ1v) is 8.38. The van der Waals surface area contributed by atoms with Crippen LogP contribution in [0.5, 0.6) is 0 Å². The fraction of sp³-hybridized carbons (Fsp3) is 0.412. The van der Waals surface area contributed by atoms with Crippen molar-refractivity contribution in [1.29, 1.82) is 0 Å². The number of amides is 1. The fourth-order valence-electron chi connectivity index (χ4n) is 2.52. The second kappa shape index (κ2) is 7.66. The Balaban J connectivity index is 2.36. The molecule has 6 heteroatoms. The molecule has 0 aromatic heterocycles. The van der Waals surface area contributed by atoms with Crippen molar-refractivity contribution in [2.24, 2.45) is 0 Å². The number of anilines is 2. The van der Waals surface area contributed by atoms with Crippen LogP contribution >= 0.6 is 11.8 Å². The summed E-state index contributed by atoms with van der Waals surface area (Å²) >= 11 is 1.58. The van der Waals surface area contributed by atoms with Crippen LogP contribution in [0.1, 0.15) is 20.8 Å². The van der Waals surface area contributed by atoms with Gasteiger partial charge in [-0.15, -0.1) is 0 Å². The molecule has 0 spiro atoms. The number of hydrogen-bond donors (Lipinski definition) is 0. The Hall–Kier alpha value is -1.79. The number of benzene rings is 1. The zero-order chi connectivity index (χ0) is 17.0. The van der Waals surface area contributed by atoms with Crippen LogP contribution in [0.4, 0.5) is 11.4 Å². The summed E-state index contributed by atoms with van der Waals surface area (Å²) in [5.74, 6) is 0.0136. The molecule has 1 amide bonds. The highest BCUT2D eigenvalue weighted by molar-refractivity contribution is 8.03. The number of carbonyl (C=O) groups is 2. The summed E-state index contributed by atoms with van der Waals surface area (Å²) in [6.45, 7) is 6.91. The van der Waals surface area contributed by atoms with Crippen LogP contribution in [0.15, 0.2) is 34.2 Å². The summed E-state index contributed by atoms with van der Waals surface area (Å²) in [5, 5.41) is 0.929. The van der Waals surface area contributed by atoms with Gasteiger partial charge in [-0.1, -0.05) is 11.8 Å². The van der Waals surface area contributed by atoms with E-state index in [1.807, 2.05) is 25.1 Å². The number of hydrogen-bond acceptors (Lipinski definition) is 5. The first-order valence-electron chi connectivity index (χ1n) is 7.56.